The van der Waals surface area contributed by atoms with Crippen molar-refractivity contribution >= 4 is 28.8 Å². The number of rotatable bonds is 8. The number of allylic oxidation sites excluding steroid dienone is 1. The molecule has 8 nitrogen and oxygen atoms in total. The molecule has 1 aliphatic heterocycles. The van der Waals surface area contributed by atoms with E-state index in [1.807, 2.05) is 66.4 Å². The first-order chi connectivity index (χ1) is 17.0. The zero-order valence-electron chi connectivity index (χ0n) is 19.6. The largest absolute Gasteiger partial charge is 0.489 e. The molecular formula is C27H25N5O3. The fraction of sp³-hybridized carbons (Fsp3) is 0.185. The number of carbonyl (C=O) groups is 2. The number of para-hydroxylation sites is 2. The van der Waals surface area contributed by atoms with E-state index in [0.29, 0.717) is 23.9 Å². The molecule has 0 aliphatic carbocycles. The average molecular weight is 468 g/mol. The van der Waals surface area contributed by atoms with Crippen molar-refractivity contribution < 1.29 is 14.3 Å². The lowest BCUT2D eigenvalue weighted by Gasteiger charge is -2.19. The van der Waals surface area contributed by atoms with Crippen LogP contribution in [0.5, 0.6) is 5.75 Å². The molecule has 1 aliphatic rings. The molecule has 8 heteroatoms. The van der Waals surface area contributed by atoms with Gasteiger partial charge in [-0.25, -0.2) is 0 Å². The van der Waals surface area contributed by atoms with Gasteiger partial charge in [-0.2, -0.15) is 5.26 Å². The Morgan fingerprint density at radius 2 is 1.74 bits per heavy atom. The van der Waals surface area contributed by atoms with Gasteiger partial charge in [0.1, 0.15) is 29.8 Å². The lowest BCUT2D eigenvalue weighted by atomic mass is 10.1. The van der Waals surface area contributed by atoms with E-state index in [9.17, 15) is 14.9 Å². The minimum absolute atomic E-state index is 0.0322. The third kappa shape index (κ3) is 5.31. The fourth-order valence-electron chi connectivity index (χ4n) is 3.95. The highest BCUT2D eigenvalue weighted by molar-refractivity contribution is 6.04. The van der Waals surface area contributed by atoms with Gasteiger partial charge in [0.15, 0.2) is 5.78 Å². The zero-order chi connectivity index (χ0) is 24.8. The SMILES string of the molecule is CN1C(=C(C#N)C(=O)CCC(=O)Nc2cccc(OCc3cccnc3)c2)N(C)c2ccccc21. The molecule has 1 aromatic heterocycles. The summed E-state index contributed by atoms with van der Waals surface area (Å²) in [4.78, 5) is 33.1. The van der Waals surface area contributed by atoms with Gasteiger partial charge in [0.2, 0.25) is 5.91 Å². The van der Waals surface area contributed by atoms with Gasteiger partial charge in [-0.1, -0.05) is 24.3 Å². The van der Waals surface area contributed by atoms with Crippen molar-refractivity contribution in [3.63, 3.8) is 0 Å². The van der Waals surface area contributed by atoms with E-state index in [1.165, 1.54) is 0 Å². The van der Waals surface area contributed by atoms with Crippen LogP contribution in [0, 0.1) is 11.3 Å². The van der Waals surface area contributed by atoms with Crippen LogP contribution >= 0.6 is 0 Å². The number of carbonyl (C=O) groups excluding carboxylic acids is 2. The predicted octanol–water partition coefficient (Wildman–Crippen LogP) is 4.27. The summed E-state index contributed by atoms with van der Waals surface area (Å²) in [5.41, 5.74) is 3.35. The van der Waals surface area contributed by atoms with Gasteiger partial charge in [0, 0.05) is 56.6 Å². The van der Waals surface area contributed by atoms with Gasteiger partial charge in [-0.05, 0) is 30.3 Å². The minimum atomic E-state index is -0.377. The average Bonchev–Trinajstić information content (AvgIpc) is 3.13. The van der Waals surface area contributed by atoms with Gasteiger partial charge in [-0.15, -0.1) is 0 Å². The summed E-state index contributed by atoms with van der Waals surface area (Å²) < 4.78 is 5.77. The standard InChI is InChI=1S/C27H25N5O3/c1-31-23-10-3-4-11-24(23)32(2)27(31)22(16-28)25(33)12-13-26(34)30-20-8-5-9-21(15-20)35-18-19-7-6-14-29-17-19/h3-11,14-15,17H,12-13,18H2,1-2H3,(H,30,34). The number of anilines is 3. The highest BCUT2D eigenvalue weighted by atomic mass is 16.5. The van der Waals surface area contributed by atoms with E-state index < -0.39 is 0 Å². The molecule has 35 heavy (non-hydrogen) atoms. The number of aromatic nitrogens is 1. The molecule has 0 saturated heterocycles. The van der Waals surface area contributed by atoms with E-state index in [0.717, 1.165) is 16.9 Å². The van der Waals surface area contributed by atoms with Crippen molar-refractivity contribution in [3.8, 4) is 11.8 Å². The van der Waals surface area contributed by atoms with E-state index in [2.05, 4.69) is 10.3 Å². The number of ether oxygens (including phenoxy) is 1. The van der Waals surface area contributed by atoms with Gasteiger partial charge >= 0.3 is 0 Å². The molecule has 2 aromatic carbocycles. The van der Waals surface area contributed by atoms with Crippen molar-refractivity contribution in [1.82, 2.24) is 4.98 Å². The molecule has 0 unspecified atom stereocenters. The number of benzene rings is 2. The molecule has 4 rings (SSSR count). The zero-order valence-corrected chi connectivity index (χ0v) is 19.6. The van der Waals surface area contributed by atoms with Crippen LogP contribution in [0.4, 0.5) is 17.1 Å². The number of nitrogens with zero attached hydrogens (tertiary/aromatic N) is 4. The second-order valence-corrected chi connectivity index (χ2v) is 8.07. The van der Waals surface area contributed by atoms with Crippen LogP contribution < -0.4 is 19.9 Å². The number of hydrogen-bond acceptors (Lipinski definition) is 7. The molecular weight excluding hydrogens is 442 g/mol. The Balaban J connectivity index is 1.36. The normalized spacial score (nSPS) is 12.1. The van der Waals surface area contributed by atoms with E-state index in [1.54, 1.807) is 36.7 Å². The maximum atomic E-state index is 12.9. The number of nitrogens with one attached hydrogen (secondary N) is 1. The van der Waals surface area contributed by atoms with E-state index in [-0.39, 0.29) is 30.1 Å². The smallest absolute Gasteiger partial charge is 0.224 e. The quantitative estimate of drug-likeness (QED) is 0.390. The third-order valence-electron chi connectivity index (χ3n) is 5.68. The molecule has 2 heterocycles. The Kier molecular flexibility index (Phi) is 7.07. The van der Waals surface area contributed by atoms with Gasteiger partial charge in [-0.3, -0.25) is 14.6 Å². The summed E-state index contributed by atoms with van der Waals surface area (Å²) in [7, 11) is 3.64. The molecule has 176 valence electrons. The Morgan fingerprint density at radius 1 is 1.00 bits per heavy atom. The molecule has 0 saturated carbocycles. The number of ketones is 1. The monoisotopic (exact) mass is 467 g/mol. The first-order valence-corrected chi connectivity index (χ1v) is 11.1. The second-order valence-electron chi connectivity index (χ2n) is 8.07. The number of Topliss-reactive ketones (excluding diaryl/α,β-unsaturated/α-hetero) is 1. The summed E-state index contributed by atoms with van der Waals surface area (Å²) in [5.74, 6) is 0.419. The van der Waals surface area contributed by atoms with Gasteiger partial charge in [0.25, 0.3) is 0 Å². The van der Waals surface area contributed by atoms with E-state index in [4.69, 9.17) is 4.74 Å². The Bertz CT molecular complexity index is 1280. The van der Waals surface area contributed by atoms with Crippen LogP contribution in [0.2, 0.25) is 0 Å². The summed E-state index contributed by atoms with van der Waals surface area (Å²) in [6.07, 6.45) is 3.31. The van der Waals surface area contributed by atoms with Crippen LogP contribution in [0.25, 0.3) is 0 Å². The van der Waals surface area contributed by atoms with Crippen LogP contribution in [-0.4, -0.2) is 30.8 Å². The Hall–Kier alpha value is -4.64. The predicted molar refractivity (Wildman–Crippen MR) is 134 cm³/mol. The maximum Gasteiger partial charge on any atom is 0.224 e. The highest BCUT2D eigenvalue weighted by Crippen LogP contribution is 2.40. The maximum absolute atomic E-state index is 12.9. The van der Waals surface area contributed by atoms with Crippen LogP contribution in [0.3, 0.4) is 0 Å². The molecule has 1 amide bonds. The number of fused-ring (bicyclic) bond motifs is 1. The van der Waals surface area contributed by atoms with Crippen molar-refractivity contribution in [2.45, 2.75) is 19.4 Å². The van der Waals surface area contributed by atoms with Gasteiger partial charge < -0.3 is 19.9 Å². The second kappa shape index (κ2) is 10.5. The molecule has 3 aromatic rings. The van der Waals surface area contributed by atoms with Crippen molar-refractivity contribution in [3.05, 3.63) is 90.0 Å². The molecule has 0 atom stereocenters. The molecule has 0 fully saturated rings. The summed E-state index contributed by atoms with van der Waals surface area (Å²) in [6.45, 7) is 0.359. The van der Waals surface area contributed by atoms with Crippen LogP contribution in [0.1, 0.15) is 18.4 Å². The Labute approximate surface area is 204 Å². The van der Waals surface area contributed by atoms with Gasteiger partial charge in [0.05, 0.1) is 11.4 Å². The molecule has 0 bridgehead atoms. The summed E-state index contributed by atoms with van der Waals surface area (Å²) >= 11 is 0. The summed E-state index contributed by atoms with van der Waals surface area (Å²) in [6, 6.07) is 20.5. The van der Waals surface area contributed by atoms with Crippen LogP contribution in [0.15, 0.2) is 84.5 Å². The Morgan fingerprint density at radius 3 is 2.40 bits per heavy atom. The van der Waals surface area contributed by atoms with Crippen molar-refractivity contribution in [1.29, 1.82) is 5.26 Å². The lowest BCUT2D eigenvalue weighted by Crippen LogP contribution is -2.26. The fourth-order valence-corrected chi connectivity index (χ4v) is 3.95. The minimum Gasteiger partial charge on any atom is -0.489 e. The highest BCUT2D eigenvalue weighted by Gasteiger charge is 2.31. The van der Waals surface area contributed by atoms with Crippen molar-refractivity contribution in [2.24, 2.45) is 0 Å². The number of pyridine rings is 1. The first-order valence-electron chi connectivity index (χ1n) is 11.1. The number of nitriles is 1. The first kappa shape index (κ1) is 23.5. The number of hydrogen-bond donors (Lipinski definition) is 1. The topological polar surface area (TPSA) is 98.6 Å². The molecule has 0 spiro atoms. The lowest BCUT2D eigenvalue weighted by molar-refractivity contribution is -0.120. The van der Waals surface area contributed by atoms with E-state index >= 15 is 0 Å². The van der Waals surface area contributed by atoms with Crippen LogP contribution in [-0.2, 0) is 16.2 Å². The number of amides is 1. The molecule has 1 N–H and O–H groups in total. The molecule has 0 radical (unpaired) electrons. The van der Waals surface area contributed by atoms with Crippen molar-refractivity contribution in [2.75, 3.05) is 29.2 Å². The summed E-state index contributed by atoms with van der Waals surface area (Å²) in [5, 5.41) is 12.5. The third-order valence-corrected chi connectivity index (χ3v) is 5.68.